The number of nitrogens with one attached hydrogen (secondary N) is 1. The SMILES string of the molecule is O=C(Cc1cccc(F)c1)NCc1nnc2n1CCN(Cc1ccoc1)CC2. The van der Waals surface area contributed by atoms with Gasteiger partial charge in [-0.25, -0.2) is 4.39 Å². The average molecular weight is 383 g/mol. The Bertz CT molecular complexity index is 938. The molecular formula is C20H22FN5O2. The molecule has 3 aromatic rings. The number of carbonyl (C=O) groups is 1. The van der Waals surface area contributed by atoms with Crippen molar-refractivity contribution >= 4 is 5.91 Å². The highest BCUT2D eigenvalue weighted by atomic mass is 19.1. The van der Waals surface area contributed by atoms with Crippen molar-refractivity contribution < 1.29 is 13.6 Å². The Hall–Kier alpha value is -3.00. The summed E-state index contributed by atoms with van der Waals surface area (Å²) in [5.41, 5.74) is 1.80. The summed E-state index contributed by atoms with van der Waals surface area (Å²) in [6.07, 6.45) is 4.40. The van der Waals surface area contributed by atoms with Crippen molar-refractivity contribution in [2.45, 2.75) is 32.5 Å². The van der Waals surface area contributed by atoms with Gasteiger partial charge in [0.25, 0.3) is 0 Å². The summed E-state index contributed by atoms with van der Waals surface area (Å²) in [6.45, 7) is 3.70. The van der Waals surface area contributed by atoms with Crippen LogP contribution in [0.5, 0.6) is 0 Å². The maximum atomic E-state index is 13.2. The van der Waals surface area contributed by atoms with Crippen LogP contribution in [0.25, 0.3) is 0 Å². The Labute approximate surface area is 162 Å². The molecule has 1 aliphatic heterocycles. The molecule has 1 N–H and O–H groups in total. The van der Waals surface area contributed by atoms with Crippen LogP contribution in [-0.4, -0.2) is 38.7 Å². The van der Waals surface area contributed by atoms with Gasteiger partial charge in [-0.15, -0.1) is 10.2 Å². The second kappa shape index (κ2) is 8.35. The van der Waals surface area contributed by atoms with E-state index in [1.54, 1.807) is 24.7 Å². The summed E-state index contributed by atoms with van der Waals surface area (Å²) >= 11 is 0. The summed E-state index contributed by atoms with van der Waals surface area (Å²) in [5, 5.41) is 11.4. The van der Waals surface area contributed by atoms with Gasteiger partial charge in [0.05, 0.1) is 25.5 Å². The van der Waals surface area contributed by atoms with Crippen molar-refractivity contribution in [2.75, 3.05) is 13.1 Å². The lowest BCUT2D eigenvalue weighted by Crippen LogP contribution is -2.28. The summed E-state index contributed by atoms with van der Waals surface area (Å²) in [5.74, 6) is 1.17. The number of furan rings is 1. The molecule has 0 spiro atoms. The number of hydrogen-bond donors (Lipinski definition) is 1. The number of amides is 1. The van der Waals surface area contributed by atoms with E-state index in [9.17, 15) is 9.18 Å². The standard InChI is InChI=1S/C20H22FN5O2/c21-17-3-1-2-15(10-17)11-20(27)22-12-19-24-23-18-4-6-25(7-8-26(18)19)13-16-5-9-28-14-16/h1-3,5,9-10,14H,4,6-8,11-13H2,(H,22,27). The quantitative estimate of drug-likeness (QED) is 0.704. The molecule has 146 valence electrons. The maximum absolute atomic E-state index is 13.2. The third-order valence-electron chi connectivity index (χ3n) is 4.88. The van der Waals surface area contributed by atoms with Crippen LogP contribution in [-0.2, 0) is 37.3 Å². The van der Waals surface area contributed by atoms with Crippen molar-refractivity contribution in [3.05, 3.63) is 71.5 Å². The summed E-state index contributed by atoms with van der Waals surface area (Å²) in [4.78, 5) is 14.5. The number of carbonyl (C=O) groups excluding carboxylic acids is 1. The number of halogens is 1. The fourth-order valence-electron chi connectivity index (χ4n) is 3.43. The zero-order chi connectivity index (χ0) is 19.3. The van der Waals surface area contributed by atoms with Crippen molar-refractivity contribution in [1.29, 1.82) is 0 Å². The molecule has 3 heterocycles. The zero-order valence-corrected chi connectivity index (χ0v) is 15.5. The molecule has 1 amide bonds. The summed E-state index contributed by atoms with van der Waals surface area (Å²) in [7, 11) is 0. The van der Waals surface area contributed by atoms with Crippen molar-refractivity contribution in [3.63, 3.8) is 0 Å². The van der Waals surface area contributed by atoms with E-state index in [-0.39, 0.29) is 18.1 Å². The summed E-state index contributed by atoms with van der Waals surface area (Å²) < 4.78 is 20.5. The minimum Gasteiger partial charge on any atom is -0.472 e. The van der Waals surface area contributed by atoms with E-state index in [0.29, 0.717) is 12.1 Å². The Morgan fingerprint density at radius 3 is 2.93 bits per heavy atom. The van der Waals surface area contributed by atoms with E-state index >= 15 is 0 Å². The highest BCUT2D eigenvalue weighted by Gasteiger charge is 2.19. The molecular weight excluding hydrogens is 361 g/mol. The van der Waals surface area contributed by atoms with Gasteiger partial charge < -0.3 is 14.3 Å². The van der Waals surface area contributed by atoms with Crippen LogP contribution in [0.15, 0.2) is 47.3 Å². The van der Waals surface area contributed by atoms with Crippen molar-refractivity contribution in [1.82, 2.24) is 25.0 Å². The highest BCUT2D eigenvalue weighted by molar-refractivity contribution is 5.78. The van der Waals surface area contributed by atoms with Gasteiger partial charge in [-0.2, -0.15) is 0 Å². The molecule has 1 aromatic carbocycles. The molecule has 0 atom stereocenters. The molecule has 0 saturated carbocycles. The molecule has 28 heavy (non-hydrogen) atoms. The lowest BCUT2D eigenvalue weighted by molar-refractivity contribution is -0.120. The molecule has 8 heteroatoms. The monoisotopic (exact) mass is 383 g/mol. The van der Waals surface area contributed by atoms with Gasteiger partial charge in [-0.05, 0) is 23.8 Å². The van der Waals surface area contributed by atoms with E-state index in [1.807, 2.05) is 6.07 Å². The normalized spacial score (nSPS) is 14.5. The van der Waals surface area contributed by atoms with E-state index < -0.39 is 0 Å². The smallest absolute Gasteiger partial charge is 0.224 e. The van der Waals surface area contributed by atoms with Gasteiger partial charge in [0.2, 0.25) is 5.91 Å². The fourth-order valence-corrected chi connectivity index (χ4v) is 3.43. The van der Waals surface area contributed by atoms with Crippen LogP contribution in [0.1, 0.15) is 22.8 Å². The molecule has 1 aliphatic rings. The first-order chi connectivity index (χ1) is 13.7. The second-order valence-electron chi connectivity index (χ2n) is 6.93. The lowest BCUT2D eigenvalue weighted by Gasteiger charge is -2.18. The predicted molar refractivity (Wildman–Crippen MR) is 99.7 cm³/mol. The molecule has 0 unspecified atom stereocenters. The van der Waals surface area contributed by atoms with Crippen LogP contribution in [0.4, 0.5) is 4.39 Å². The average Bonchev–Trinajstić information content (AvgIpc) is 3.27. The van der Waals surface area contributed by atoms with Crippen molar-refractivity contribution in [3.8, 4) is 0 Å². The van der Waals surface area contributed by atoms with Crippen molar-refractivity contribution in [2.24, 2.45) is 0 Å². The van der Waals surface area contributed by atoms with Crippen LogP contribution in [0, 0.1) is 5.82 Å². The summed E-state index contributed by atoms with van der Waals surface area (Å²) in [6, 6.07) is 8.05. The molecule has 0 saturated heterocycles. The molecule has 0 bridgehead atoms. The first kappa shape index (κ1) is 18.4. The Morgan fingerprint density at radius 1 is 1.18 bits per heavy atom. The van der Waals surface area contributed by atoms with E-state index in [2.05, 4.69) is 25.0 Å². The molecule has 7 nitrogen and oxygen atoms in total. The number of benzene rings is 1. The minimum absolute atomic E-state index is 0.136. The molecule has 0 radical (unpaired) electrons. The number of nitrogens with zero attached hydrogens (tertiary/aromatic N) is 4. The first-order valence-corrected chi connectivity index (χ1v) is 9.33. The van der Waals surface area contributed by atoms with Gasteiger partial charge in [-0.3, -0.25) is 9.69 Å². The van der Waals surface area contributed by atoms with Crippen LogP contribution in [0.3, 0.4) is 0 Å². The van der Waals surface area contributed by atoms with E-state index in [1.165, 1.54) is 12.1 Å². The van der Waals surface area contributed by atoms with Crippen LogP contribution >= 0.6 is 0 Å². The number of rotatable bonds is 6. The van der Waals surface area contributed by atoms with Crippen LogP contribution < -0.4 is 5.32 Å². The van der Waals surface area contributed by atoms with Gasteiger partial charge in [0.15, 0.2) is 5.82 Å². The molecule has 4 rings (SSSR count). The number of fused-ring (bicyclic) bond motifs is 1. The largest absolute Gasteiger partial charge is 0.472 e. The predicted octanol–water partition coefficient (Wildman–Crippen LogP) is 1.93. The molecule has 0 fully saturated rings. The molecule has 0 aliphatic carbocycles. The lowest BCUT2D eigenvalue weighted by atomic mass is 10.1. The van der Waals surface area contributed by atoms with E-state index in [4.69, 9.17) is 4.42 Å². The number of aromatic nitrogens is 3. The topological polar surface area (TPSA) is 76.2 Å². The Kier molecular flexibility index (Phi) is 5.48. The fraction of sp³-hybridized carbons (Fsp3) is 0.350. The third-order valence-corrected chi connectivity index (χ3v) is 4.88. The highest BCUT2D eigenvalue weighted by Crippen LogP contribution is 2.13. The van der Waals surface area contributed by atoms with Crippen LogP contribution in [0.2, 0.25) is 0 Å². The first-order valence-electron chi connectivity index (χ1n) is 9.33. The Morgan fingerprint density at radius 2 is 2.11 bits per heavy atom. The maximum Gasteiger partial charge on any atom is 0.224 e. The zero-order valence-electron chi connectivity index (χ0n) is 15.5. The molecule has 2 aromatic heterocycles. The van der Waals surface area contributed by atoms with Gasteiger partial charge in [0, 0.05) is 38.2 Å². The minimum atomic E-state index is -0.340. The third kappa shape index (κ3) is 4.45. The van der Waals surface area contributed by atoms with Gasteiger partial charge >= 0.3 is 0 Å². The van der Waals surface area contributed by atoms with Gasteiger partial charge in [0.1, 0.15) is 11.6 Å². The Balaban J connectivity index is 1.32. The number of hydrogen-bond acceptors (Lipinski definition) is 5. The van der Waals surface area contributed by atoms with Gasteiger partial charge in [-0.1, -0.05) is 12.1 Å². The van der Waals surface area contributed by atoms with E-state index in [0.717, 1.165) is 49.8 Å². The second-order valence-corrected chi connectivity index (χ2v) is 6.93.